The Balaban J connectivity index is 1.93. The molecule has 0 aliphatic carbocycles. The number of rotatable bonds is 6. The third kappa shape index (κ3) is 4.05. The fraction of sp³-hybridized carbons (Fsp3) is 0.286. The Kier molecular flexibility index (Phi) is 4.98. The highest BCUT2D eigenvalue weighted by atomic mass is 32.1. The quantitative estimate of drug-likeness (QED) is 0.887. The highest BCUT2D eigenvalue weighted by Gasteiger charge is 2.17. The van der Waals surface area contributed by atoms with Crippen LogP contribution in [-0.2, 0) is 11.3 Å². The third-order valence-corrected chi connectivity index (χ3v) is 4.65. The minimum Gasteiger partial charge on any atom is -0.482 e. The number of hydrogen-bond donors (Lipinski definition) is 1. The molecule has 21 heavy (non-hydrogen) atoms. The van der Waals surface area contributed by atoms with Crippen LogP contribution in [0.4, 0.5) is 0 Å². The van der Waals surface area contributed by atoms with E-state index in [9.17, 15) is 9.59 Å². The lowest BCUT2D eigenvalue weighted by Crippen LogP contribution is -2.30. The summed E-state index contributed by atoms with van der Waals surface area (Å²) in [5, 5.41) is 11.0. The molecule has 112 valence electrons. The number of aryl methyl sites for hydroxylation is 1. The molecular formula is C14H15NO4S2. The number of amides is 1. The predicted octanol–water partition coefficient (Wildman–Crippen LogP) is 2.85. The van der Waals surface area contributed by atoms with Gasteiger partial charge in [0.15, 0.2) is 11.5 Å². The normalized spacial score (nSPS) is 10.4. The van der Waals surface area contributed by atoms with Gasteiger partial charge in [-0.2, -0.15) is 0 Å². The van der Waals surface area contributed by atoms with E-state index in [2.05, 4.69) is 0 Å². The van der Waals surface area contributed by atoms with Crippen molar-refractivity contribution in [2.45, 2.75) is 13.5 Å². The summed E-state index contributed by atoms with van der Waals surface area (Å²) in [5.74, 6) is -0.978. The molecule has 5 nitrogen and oxygen atoms in total. The van der Waals surface area contributed by atoms with E-state index >= 15 is 0 Å². The molecule has 0 aliphatic heterocycles. The lowest BCUT2D eigenvalue weighted by molar-refractivity contribution is -0.132. The number of thiophene rings is 2. The molecule has 2 aromatic heterocycles. The van der Waals surface area contributed by atoms with Crippen LogP contribution in [0.5, 0.6) is 5.75 Å². The van der Waals surface area contributed by atoms with Gasteiger partial charge in [-0.3, -0.25) is 4.79 Å². The Bertz CT molecular complexity index is 633. The van der Waals surface area contributed by atoms with Crippen LogP contribution < -0.4 is 4.74 Å². The molecule has 0 fully saturated rings. The van der Waals surface area contributed by atoms with Gasteiger partial charge in [-0.15, -0.1) is 22.7 Å². The smallest absolute Gasteiger partial charge is 0.349 e. The minimum atomic E-state index is -1.04. The van der Waals surface area contributed by atoms with Gasteiger partial charge < -0.3 is 14.7 Å². The standard InChI is InChI=1S/C14H15NO4S2/c1-9-6-11(13(21-9)14(17)18)19-8-12(16)15(2)7-10-4-3-5-20-10/h3-6H,7-8H2,1-2H3,(H,17,18). The highest BCUT2D eigenvalue weighted by Crippen LogP contribution is 2.28. The van der Waals surface area contributed by atoms with Crippen molar-refractivity contribution in [3.8, 4) is 5.75 Å². The second-order valence-corrected chi connectivity index (χ2v) is 6.76. The van der Waals surface area contributed by atoms with Crippen LogP contribution in [0.3, 0.4) is 0 Å². The maximum atomic E-state index is 12.0. The van der Waals surface area contributed by atoms with Crippen LogP contribution in [-0.4, -0.2) is 35.5 Å². The van der Waals surface area contributed by atoms with Crippen molar-refractivity contribution >= 4 is 34.6 Å². The van der Waals surface area contributed by atoms with Crippen LogP contribution in [0.15, 0.2) is 23.6 Å². The summed E-state index contributed by atoms with van der Waals surface area (Å²) in [4.78, 5) is 26.7. The van der Waals surface area contributed by atoms with Gasteiger partial charge in [-0.1, -0.05) is 6.07 Å². The van der Waals surface area contributed by atoms with Crippen LogP contribution >= 0.6 is 22.7 Å². The van der Waals surface area contributed by atoms with Crippen molar-refractivity contribution in [2.75, 3.05) is 13.7 Å². The van der Waals surface area contributed by atoms with Gasteiger partial charge in [0.2, 0.25) is 0 Å². The van der Waals surface area contributed by atoms with Crippen LogP contribution in [0.1, 0.15) is 19.4 Å². The number of carboxylic acid groups (broad SMARTS) is 1. The molecule has 1 N–H and O–H groups in total. The molecule has 2 heterocycles. The number of carboxylic acids is 1. The van der Waals surface area contributed by atoms with Gasteiger partial charge in [0.25, 0.3) is 5.91 Å². The Morgan fingerprint density at radius 1 is 1.43 bits per heavy atom. The first kappa shape index (κ1) is 15.5. The van der Waals surface area contributed by atoms with E-state index in [0.29, 0.717) is 6.54 Å². The molecular weight excluding hydrogens is 310 g/mol. The second kappa shape index (κ2) is 6.73. The zero-order valence-corrected chi connectivity index (χ0v) is 13.3. The summed E-state index contributed by atoms with van der Waals surface area (Å²) < 4.78 is 5.36. The molecule has 0 saturated carbocycles. The maximum absolute atomic E-state index is 12.0. The van der Waals surface area contributed by atoms with Crippen molar-refractivity contribution in [1.29, 1.82) is 0 Å². The molecule has 2 rings (SSSR count). The average Bonchev–Trinajstić information content (AvgIpc) is 3.05. The van der Waals surface area contributed by atoms with E-state index in [1.165, 1.54) is 0 Å². The molecule has 7 heteroatoms. The third-order valence-electron chi connectivity index (χ3n) is 2.77. The summed E-state index contributed by atoms with van der Waals surface area (Å²) in [6, 6.07) is 5.53. The molecule has 0 atom stereocenters. The Morgan fingerprint density at radius 3 is 2.81 bits per heavy atom. The van der Waals surface area contributed by atoms with Gasteiger partial charge in [0.1, 0.15) is 5.75 Å². The zero-order chi connectivity index (χ0) is 15.4. The van der Waals surface area contributed by atoms with Crippen molar-refractivity contribution in [3.63, 3.8) is 0 Å². The molecule has 0 unspecified atom stereocenters. The fourth-order valence-corrected chi connectivity index (χ4v) is 3.27. The van der Waals surface area contributed by atoms with Gasteiger partial charge in [0, 0.05) is 16.8 Å². The van der Waals surface area contributed by atoms with E-state index in [1.807, 2.05) is 17.5 Å². The lowest BCUT2D eigenvalue weighted by Gasteiger charge is -2.16. The Hall–Kier alpha value is -1.86. The summed E-state index contributed by atoms with van der Waals surface area (Å²) >= 11 is 2.72. The van der Waals surface area contributed by atoms with Gasteiger partial charge in [0.05, 0.1) is 6.54 Å². The predicted molar refractivity (Wildman–Crippen MR) is 82.3 cm³/mol. The van der Waals surface area contributed by atoms with Crippen molar-refractivity contribution in [2.24, 2.45) is 0 Å². The Labute approximate surface area is 130 Å². The number of hydrogen-bond acceptors (Lipinski definition) is 5. The maximum Gasteiger partial charge on any atom is 0.349 e. The van der Waals surface area contributed by atoms with Crippen LogP contribution in [0.2, 0.25) is 0 Å². The summed E-state index contributed by atoms with van der Waals surface area (Å²) in [6.07, 6.45) is 0. The van der Waals surface area contributed by atoms with Crippen molar-refractivity contribution in [1.82, 2.24) is 4.90 Å². The second-order valence-electron chi connectivity index (χ2n) is 4.47. The van der Waals surface area contributed by atoms with Gasteiger partial charge in [-0.05, 0) is 24.4 Å². The molecule has 2 aromatic rings. The van der Waals surface area contributed by atoms with E-state index in [1.54, 1.807) is 36.3 Å². The van der Waals surface area contributed by atoms with Gasteiger partial charge in [-0.25, -0.2) is 4.79 Å². The molecule has 1 amide bonds. The number of likely N-dealkylation sites (N-methyl/N-ethyl adjacent to an activating group) is 1. The molecule has 0 radical (unpaired) electrons. The van der Waals surface area contributed by atoms with E-state index in [0.717, 1.165) is 21.1 Å². The zero-order valence-electron chi connectivity index (χ0n) is 11.7. The highest BCUT2D eigenvalue weighted by molar-refractivity contribution is 7.14. The van der Waals surface area contributed by atoms with E-state index in [4.69, 9.17) is 9.84 Å². The number of ether oxygens (including phenoxy) is 1. The summed E-state index contributed by atoms with van der Waals surface area (Å²) in [7, 11) is 1.70. The van der Waals surface area contributed by atoms with Crippen LogP contribution in [0, 0.1) is 6.92 Å². The molecule has 0 saturated heterocycles. The van der Waals surface area contributed by atoms with E-state index in [-0.39, 0.29) is 23.1 Å². The Morgan fingerprint density at radius 2 is 2.19 bits per heavy atom. The topological polar surface area (TPSA) is 66.8 Å². The first-order valence-electron chi connectivity index (χ1n) is 6.20. The number of carbonyl (C=O) groups is 2. The SMILES string of the molecule is Cc1cc(OCC(=O)N(C)Cc2cccs2)c(C(=O)O)s1. The summed E-state index contributed by atoms with van der Waals surface area (Å²) in [5.41, 5.74) is 0. The number of nitrogens with zero attached hydrogens (tertiary/aromatic N) is 1. The first-order valence-corrected chi connectivity index (χ1v) is 7.90. The number of carbonyl (C=O) groups excluding carboxylic acids is 1. The monoisotopic (exact) mass is 325 g/mol. The largest absolute Gasteiger partial charge is 0.482 e. The van der Waals surface area contributed by atoms with Crippen molar-refractivity contribution < 1.29 is 19.4 Å². The molecule has 0 bridgehead atoms. The lowest BCUT2D eigenvalue weighted by atomic mass is 10.4. The molecule has 0 aromatic carbocycles. The minimum absolute atomic E-state index is 0.126. The first-order chi connectivity index (χ1) is 9.97. The fourth-order valence-electron chi connectivity index (χ4n) is 1.72. The van der Waals surface area contributed by atoms with E-state index < -0.39 is 5.97 Å². The molecule has 0 spiro atoms. The van der Waals surface area contributed by atoms with Crippen molar-refractivity contribution in [3.05, 3.63) is 38.2 Å². The van der Waals surface area contributed by atoms with Crippen LogP contribution in [0.25, 0.3) is 0 Å². The summed E-state index contributed by atoms with van der Waals surface area (Å²) in [6.45, 7) is 2.15. The molecule has 0 aliphatic rings. The average molecular weight is 325 g/mol. The van der Waals surface area contributed by atoms with Gasteiger partial charge >= 0.3 is 5.97 Å². The number of aromatic carboxylic acids is 1.